The number of anilines is 1. The summed E-state index contributed by atoms with van der Waals surface area (Å²) < 4.78 is 5.51. The van der Waals surface area contributed by atoms with Crippen LogP contribution in [-0.4, -0.2) is 15.0 Å². The van der Waals surface area contributed by atoms with Crippen molar-refractivity contribution in [3.8, 4) is 34.6 Å². The fourth-order valence-electron chi connectivity index (χ4n) is 2.54. The SMILES string of the molecule is Nc1nc(-c2ccco2)c(-c2ccncn2)cc1C#Cc1ccccc1. The van der Waals surface area contributed by atoms with Crippen LogP contribution in [0.4, 0.5) is 5.82 Å². The molecular formula is C21H14N4O. The summed E-state index contributed by atoms with van der Waals surface area (Å²) in [5.41, 5.74) is 9.83. The summed E-state index contributed by atoms with van der Waals surface area (Å²) >= 11 is 0. The molecule has 0 saturated carbocycles. The minimum atomic E-state index is 0.345. The predicted molar refractivity (Wildman–Crippen MR) is 99.8 cm³/mol. The largest absolute Gasteiger partial charge is 0.463 e. The van der Waals surface area contributed by atoms with Crippen LogP contribution in [0, 0.1) is 11.8 Å². The Bertz CT molecular complexity index is 1080. The predicted octanol–water partition coefficient (Wildman–Crippen LogP) is 3.78. The molecule has 5 heteroatoms. The van der Waals surface area contributed by atoms with Gasteiger partial charge in [0, 0.05) is 17.3 Å². The van der Waals surface area contributed by atoms with Gasteiger partial charge in [0.05, 0.1) is 17.5 Å². The molecule has 0 aliphatic rings. The van der Waals surface area contributed by atoms with Crippen LogP contribution in [0.3, 0.4) is 0 Å². The van der Waals surface area contributed by atoms with Gasteiger partial charge in [0.2, 0.25) is 0 Å². The maximum Gasteiger partial charge on any atom is 0.153 e. The molecule has 1 aromatic carbocycles. The monoisotopic (exact) mass is 338 g/mol. The lowest BCUT2D eigenvalue weighted by Gasteiger charge is -2.09. The van der Waals surface area contributed by atoms with Crippen LogP contribution in [0.1, 0.15) is 11.1 Å². The molecule has 4 rings (SSSR count). The molecular weight excluding hydrogens is 324 g/mol. The number of benzene rings is 1. The molecule has 2 N–H and O–H groups in total. The second-order valence-corrected chi connectivity index (χ2v) is 5.51. The number of aromatic nitrogens is 3. The first kappa shape index (κ1) is 15.6. The topological polar surface area (TPSA) is 77.8 Å². The molecule has 4 aromatic rings. The third-order valence-electron chi connectivity index (χ3n) is 3.78. The Hall–Kier alpha value is -3.91. The molecule has 3 heterocycles. The fourth-order valence-corrected chi connectivity index (χ4v) is 2.54. The molecule has 5 nitrogen and oxygen atoms in total. The van der Waals surface area contributed by atoms with Crippen molar-refractivity contribution in [1.82, 2.24) is 15.0 Å². The van der Waals surface area contributed by atoms with E-state index in [9.17, 15) is 0 Å². The van der Waals surface area contributed by atoms with Crippen LogP contribution in [0.5, 0.6) is 0 Å². The highest BCUT2D eigenvalue weighted by molar-refractivity contribution is 5.80. The average Bonchev–Trinajstić information content (AvgIpc) is 3.23. The highest BCUT2D eigenvalue weighted by atomic mass is 16.3. The number of hydrogen-bond acceptors (Lipinski definition) is 5. The summed E-state index contributed by atoms with van der Waals surface area (Å²) in [5.74, 6) is 7.17. The highest BCUT2D eigenvalue weighted by Gasteiger charge is 2.15. The van der Waals surface area contributed by atoms with Crippen LogP contribution in [-0.2, 0) is 0 Å². The minimum Gasteiger partial charge on any atom is -0.463 e. The van der Waals surface area contributed by atoms with Crippen molar-refractivity contribution in [2.75, 3.05) is 5.73 Å². The van der Waals surface area contributed by atoms with Crippen molar-refractivity contribution in [2.45, 2.75) is 0 Å². The smallest absolute Gasteiger partial charge is 0.153 e. The van der Waals surface area contributed by atoms with Gasteiger partial charge in [-0.15, -0.1) is 0 Å². The summed E-state index contributed by atoms with van der Waals surface area (Å²) in [4.78, 5) is 12.8. The van der Waals surface area contributed by atoms with Crippen LogP contribution in [0.2, 0.25) is 0 Å². The lowest BCUT2D eigenvalue weighted by Crippen LogP contribution is -2.00. The van der Waals surface area contributed by atoms with Gasteiger partial charge in [0.15, 0.2) is 5.76 Å². The lowest BCUT2D eigenvalue weighted by molar-refractivity contribution is 0.580. The molecule has 0 spiro atoms. The van der Waals surface area contributed by atoms with Crippen molar-refractivity contribution in [2.24, 2.45) is 0 Å². The van der Waals surface area contributed by atoms with E-state index in [2.05, 4.69) is 26.8 Å². The molecule has 0 unspecified atom stereocenters. The van der Waals surface area contributed by atoms with Crippen LogP contribution >= 0.6 is 0 Å². The average molecular weight is 338 g/mol. The molecule has 0 amide bonds. The third kappa shape index (κ3) is 3.17. The van der Waals surface area contributed by atoms with E-state index in [0.29, 0.717) is 22.8 Å². The molecule has 0 radical (unpaired) electrons. The fraction of sp³-hybridized carbons (Fsp3) is 0. The number of nitrogens with two attached hydrogens (primary N) is 1. The van der Waals surface area contributed by atoms with Gasteiger partial charge in [0.25, 0.3) is 0 Å². The van der Waals surface area contributed by atoms with Crippen LogP contribution < -0.4 is 5.73 Å². The van der Waals surface area contributed by atoms with Crippen LogP contribution in [0.15, 0.2) is 77.8 Å². The van der Waals surface area contributed by atoms with Gasteiger partial charge in [-0.2, -0.15) is 0 Å². The Morgan fingerprint density at radius 2 is 1.85 bits per heavy atom. The summed E-state index contributed by atoms with van der Waals surface area (Å²) in [6, 6.07) is 17.1. The second-order valence-electron chi connectivity index (χ2n) is 5.51. The standard InChI is InChI=1S/C21H14N4O/c22-21-16(9-8-15-5-2-1-3-6-15)13-17(18-10-11-23-14-24-18)20(25-21)19-7-4-12-26-19/h1-7,10-14H,(H2,22,25). The lowest BCUT2D eigenvalue weighted by atomic mass is 10.0. The number of rotatable bonds is 2. The Morgan fingerprint density at radius 1 is 0.962 bits per heavy atom. The zero-order chi connectivity index (χ0) is 17.8. The zero-order valence-electron chi connectivity index (χ0n) is 13.8. The molecule has 0 saturated heterocycles. The van der Waals surface area contributed by atoms with E-state index in [0.717, 1.165) is 16.8 Å². The van der Waals surface area contributed by atoms with Gasteiger partial charge in [0.1, 0.15) is 17.8 Å². The second kappa shape index (κ2) is 6.91. The quantitative estimate of drug-likeness (QED) is 0.563. The third-order valence-corrected chi connectivity index (χ3v) is 3.78. The minimum absolute atomic E-state index is 0.345. The first-order chi connectivity index (χ1) is 12.8. The van der Waals surface area contributed by atoms with E-state index in [1.165, 1.54) is 6.33 Å². The van der Waals surface area contributed by atoms with Crippen molar-refractivity contribution < 1.29 is 4.42 Å². The number of furan rings is 1. The molecule has 0 aliphatic carbocycles. The Morgan fingerprint density at radius 3 is 2.58 bits per heavy atom. The number of pyridine rings is 1. The first-order valence-electron chi connectivity index (χ1n) is 7.99. The molecule has 0 bridgehead atoms. The maximum absolute atomic E-state index is 6.15. The molecule has 3 aromatic heterocycles. The Kier molecular flexibility index (Phi) is 4.15. The van der Waals surface area contributed by atoms with Crippen LogP contribution in [0.25, 0.3) is 22.7 Å². The van der Waals surface area contributed by atoms with Crippen molar-refractivity contribution in [1.29, 1.82) is 0 Å². The normalized spacial score (nSPS) is 10.2. The summed E-state index contributed by atoms with van der Waals surface area (Å²) in [6.07, 6.45) is 4.77. The maximum atomic E-state index is 6.15. The van der Waals surface area contributed by atoms with E-state index in [-0.39, 0.29) is 0 Å². The highest BCUT2D eigenvalue weighted by Crippen LogP contribution is 2.32. The Balaban J connectivity index is 1.86. The molecule has 26 heavy (non-hydrogen) atoms. The van der Waals surface area contributed by atoms with Gasteiger partial charge < -0.3 is 10.2 Å². The van der Waals surface area contributed by atoms with Gasteiger partial charge in [-0.05, 0) is 36.4 Å². The number of nitrogens with zero attached hydrogens (tertiary/aromatic N) is 3. The van der Waals surface area contributed by atoms with E-state index in [4.69, 9.17) is 10.2 Å². The van der Waals surface area contributed by atoms with E-state index < -0.39 is 0 Å². The Labute approximate surface area is 150 Å². The van der Waals surface area contributed by atoms with Gasteiger partial charge >= 0.3 is 0 Å². The van der Waals surface area contributed by atoms with Crippen molar-refractivity contribution >= 4 is 5.82 Å². The molecule has 0 aliphatic heterocycles. The molecule has 124 valence electrons. The molecule has 0 atom stereocenters. The summed E-state index contributed by atoms with van der Waals surface area (Å²) in [7, 11) is 0. The van der Waals surface area contributed by atoms with E-state index in [1.54, 1.807) is 18.5 Å². The molecule has 0 fully saturated rings. The zero-order valence-corrected chi connectivity index (χ0v) is 13.8. The van der Waals surface area contributed by atoms with Crippen molar-refractivity contribution in [3.05, 3.63) is 84.5 Å². The van der Waals surface area contributed by atoms with E-state index in [1.807, 2.05) is 48.5 Å². The van der Waals surface area contributed by atoms with Gasteiger partial charge in [-0.3, -0.25) is 0 Å². The van der Waals surface area contributed by atoms with E-state index >= 15 is 0 Å². The van der Waals surface area contributed by atoms with Crippen molar-refractivity contribution in [3.63, 3.8) is 0 Å². The van der Waals surface area contributed by atoms with Gasteiger partial charge in [-0.25, -0.2) is 15.0 Å². The number of nitrogen functional groups attached to an aromatic ring is 1. The first-order valence-corrected chi connectivity index (χ1v) is 7.99. The number of hydrogen-bond donors (Lipinski definition) is 1. The summed E-state index contributed by atoms with van der Waals surface area (Å²) in [6.45, 7) is 0. The van der Waals surface area contributed by atoms with Gasteiger partial charge in [-0.1, -0.05) is 30.0 Å². The summed E-state index contributed by atoms with van der Waals surface area (Å²) in [5, 5.41) is 0.